The van der Waals surface area contributed by atoms with E-state index in [-0.39, 0.29) is 5.56 Å². The SMILES string of the molecule is O=C(O)C1=CCc2cc(C(=O)O)ccc2C1. The predicted molar refractivity (Wildman–Crippen MR) is 56.5 cm³/mol. The molecule has 0 fully saturated rings. The third kappa shape index (κ3) is 1.82. The van der Waals surface area contributed by atoms with Gasteiger partial charge in [0.15, 0.2) is 0 Å². The predicted octanol–water partition coefficient (Wildman–Crippen LogP) is 1.49. The van der Waals surface area contributed by atoms with Gasteiger partial charge in [-0.15, -0.1) is 0 Å². The maximum atomic E-state index is 10.8. The molecule has 0 amide bonds. The van der Waals surface area contributed by atoms with Crippen molar-refractivity contribution in [2.75, 3.05) is 0 Å². The Kier molecular flexibility index (Phi) is 2.48. The van der Waals surface area contributed by atoms with Crippen LogP contribution in [0.5, 0.6) is 0 Å². The van der Waals surface area contributed by atoms with E-state index in [1.54, 1.807) is 18.2 Å². The molecule has 4 heteroatoms. The summed E-state index contributed by atoms with van der Waals surface area (Å²) < 4.78 is 0. The topological polar surface area (TPSA) is 74.6 Å². The van der Waals surface area contributed by atoms with Gasteiger partial charge in [-0.05, 0) is 29.7 Å². The first-order valence-electron chi connectivity index (χ1n) is 4.85. The Morgan fingerprint density at radius 2 is 1.81 bits per heavy atom. The van der Waals surface area contributed by atoms with E-state index in [1.165, 1.54) is 6.07 Å². The molecule has 4 nitrogen and oxygen atoms in total. The van der Waals surface area contributed by atoms with Crippen LogP contribution < -0.4 is 0 Å². The van der Waals surface area contributed by atoms with Gasteiger partial charge in [-0.3, -0.25) is 0 Å². The van der Waals surface area contributed by atoms with Crippen LogP contribution in [0, 0.1) is 0 Å². The molecule has 0 atom stereocenters. The molecule has 0 saturated carbocycles. The molecule has 82 valence electrons. The molecular formula is C12H10O4. The van der Waals surface area contributed by atoms with Gasteiger partial charge < -0.3 is 10.2 Å². The van der Waals surface area contributed by atoms with Crippen LogP contribution in [0.25, 0.3) is 0 Å². The lowest BCUT2D eigenvalue weighted by Crippen LogP contribution is -2.11. The fourth-order valence-corrected chi connectivity index (χ4v) is 1.79. The van der Waals surface area contributed by atoms with E-state index in [9.17, 15) is 9.59 Å². The van der Waals surface area contributed by atoms with Crippen molar-refractivity contribution >= 4 is 11.9 Å². The van der Waals surface area contributed by atoms with Gasteiger partial charge in [-0.2, -0.15) is 0 Å². The van der Waals surface area contributed by atoms with Crippen LogP contribution in [0.1, 0.15) is 21.5 Å². The number of aromatic carboxylic acids is 1. The molecule has 1 aliphatic rings. The fourth-order valence-electron chi connectivity index (χ4n) is 1.79. The first kappa shape index (κ1) is 10.4. The molecule has 0 saturated heterocycles. The lowest BCUT2D eigenvalue weighted by atomic mass is 9.90. The zero-order chi connectivity index (χ0) is 11.7. The Morgan fingerprint density at radius 1 is 1.06 bits per heavy atom. The third-order valence-corrected chi connectivity index (χ3v) is 2.68. The number of carboxylic acid groups (broad SMARTS) is 2. The molecule has 1 aromatic carbocycles. The van der Waals surface area contributed by atoms with Crippen LogP contribution in [0.3, 0.4) is 0 Å². The van der Waals surface area contributed by atoms with Crippen molar-refractivity contribution in [2.45, 2.75) is 12.8 Å². The Hall–Kier alpha value is -2.10. The van der Waals surface area contributed by atoms with E-state index in [2.05, 4.69) is 0 Å². The van der Waals surface area contributed by atoms with E-state index in [0.29, 0.717) is 18.4 Å². The lowest BCUT2D eigenvalue weighted by molar-refractivity contribution is -0.132. The number of carbonyl (C=O) groups is 2. The monoisotopic (exact) mass is 218 g/mol. The molecule has 0 unspecified atom stereocenters. The highest BCUT2D eigenvalue weighted by molar-refractivity contribution is 5.89. The summed E-state index contributed by atoms with van der Waals surface area (Å²) in [5.74, 6) is -1.87. The average Bonchev–Trinajstić information content (AvgIpc) is 2.27. The second kappa shape index (κ2) is 3.81. The average molecular weight is 218 g/mol. The quantitative estimate of drug-likeness (QED) is 0.788. The van der Waals surface area contributed by atoms with Crippen LogP contribution in [-0.4, -0.2) is 22.2 Å². The smallest absolute Gasteiger partial charge is 0.335 e. The lowest BCUT2D eigenvalue weighted by Gasteiger charge is -2.14. The van der Waals surface area contributed by atoms with E-state index in [1.807, 2.05) is 0 Å². The Bertz CT molecular complexity index is 500. The summed E-state index contributed by atoms with van der Waals surface area (Å²) in [6.07, 6.45) is 2.49. The van der Waals surface area contributed by atoms with E-state index >= 15 is 0 Å². The maximum Gasteiger partial charge on any atom is 0.335 e. The molecule has 0 radical (unpaired) electrons. The van der Waals surface area contributed by atoms with Crippen LogP contribution in [0.2, 0.25) is 0 Å². The molecule has 0 aliphatic heterocycles. The Morgan fingerprint density at radius 3 is 2.44 bits per heavy atom. The van der Waals surface area contributed by atoms with Crippen LogP contribution in [-0.2, 0) is 17.6 Å². The summed E-state index contributed by atoms with van der Waals surface area (Å²) in [7, 11) is 0. The van der Waals surface area contributed by atoms with Gasteiger partial charge in [0.2, 0.25) is 0 Å². The normalized spacial score (nSPS) is 13.9. The number of rotatable bonds is 2. The molecule has 0 heterocycles. The van der Waals surface area contributed by atoms with Crippen LogP contribution in [0.15, 0.2) is 29.8 Å². The van der Waals surface area contributed by atoms with Gasteiger partial charge in [0.05, 0.1) is 5.56 Å². The minimum atomic E-state index is -0.962. The third-order valence-electron chi connectivity index (χ3n) is 2.68. The highest BCUT2D eigenvalue weighted by Gasteiger charge is 2.17. The van der Waals surface area contributed by atoms with Crippen molar-refractivity contribution in [3.8, 4) is 0 Å². The Labute approximate surface area is 91.8 Å². The van der Waals surface area contributed by atoms with Gasteiger partial charge in [0, 0.05) is 12.0 Å². The van der Waals surface area contributed by atoms with Crippen LogP contribution in [0.4, 0.5) is 0 Å². The first-order chi connectivity index (χ1) is 7.58. The van der Waals surface area contributed by atoms with Crippen molar-refractivity contribution in [3.63, 3.8) is 0 Å². The molecule has 1 aromatic rings. The molecule has 2 N–H and O–H groups in total. The molecule has 16 heavy (non-hydrogen) atoms. The van der Waals surface area contributed by atoms with Crippen LogP contribution >= 0.6 is 0 Å². The fraction of sp³-hybridized carbons (Fsp3) is 0.167. The van der Waals surface area contributed by atoms with Crippen molar-refractivity contribution in [2.24, 2.45) is 0 Å². The van der Waals surface area contributed by atoms with Gasteiger partial charge in [-0.25, -0.2) is 9.59 Å². The molecule has 0 spiro atoms. The molecule has 0 aromatic heterocycles. The summed E-state index contributed by atoms with van der Waals surface area (Å²) in [5, 5.41) is 17.7. The van der Waals surface area contributed by atoms with Gasteiger partial charge in [-0.1, -0.05) is 12.1 Å². The number of carboxylic acids is 2. The summed E-state index contributed by atoms with van der Waals surface area (Å²) in [6.45, 7) is 0. The molecule has 1 aliphatic carbocycles. The number of allylic oxidation sites excluding steroid dienone is 1. The van der Waals surface area contributed by atoms with E-state index in [0.717, 1.165) is 11.1 Å². The highest BCUT2D eigenvalue weighted by atomic mass is 16.4. The number of benzene rings is 1. The standard InChI is InChI=1S/C12H10O4/c13-11(14)9-3-1-7-5-10(12(15)16)4-2-8(7)6-9/h1,3-4,6H,2,5H2,(H,13,14)(H,15,16). The van der Waals surface area contributed by atoms with Crippen molar-refractivity contribution in [1.29, 1.82) is 0 Å². The van der Waals surface area contributed by atoms with Gasteiger partial charge >= 0.3 is 11.9 Å². The van der Waals surface area contributed by atoms with Crippen molar-refractivity contribution < 1.29 is 19.8 Å². The van der Waals surface area contributed by atoms with Gasteiger partial charge in [0.25, 0.3) is 0 Å². The number of hydrogen-bond donors (Lipinski definition) is 2. The summed E-state index contributed by atoms with van der Waals surface area (Å²) in [5.41, 5.74) is 2.40. The summed E-state index contributed by atoms with van der Waals surface area (Å²) in [4.78, 5) is 21.5. The number of fused-ring (bicyclic) bond motifs is 1. The van der Waals surface area contributed by atoms with Crippen molar-refractivity contribution in [1.82, 2.24) is 0 Å². The molecular weight excluding hydrogens is 208 g/mol. The minimum absolute atomic E-state index is 0.242. The number of hydrogen-bond acceptors (Lipinski definition) is 2. The number of aliphatic carboxylic acids is 1. The van der Waals surface area contributed by atoms with Crippen molar-refractivity contribution in [3.05, 3.63) is 46.5 Å². The summed E-state index contributed by atoms with van der Waals surface area (Å²) in [6, 6.07) is 4.80. The second-order valence-electron chi connectivity index (χ2n) is 3.70. The van der Waals surface area contributed by atoms with E-state index < -0.39 is 11.9 Å². The molecule has 0 bridgehead atoms. The second-order valence-corrected chi connectivity index (χ2v) is 3.70. The molecule has 2 rings (SSSR count). The van der Waals surface area contributed by atoms with Gasteiger partial charge in [0.1, 0.15) is 0 Å². The summed E-state index contributed by atoms with van der Waals surface area (Å²) >= 11 is 0. The minimum Gasteiger partial charge on any atom is -0.478 e. The maximum absolute atomic E-state index is 10.8. The first-order valence-corrected chi connectivity index (χ1v) is 4.85. The Balaban J connectivity index is 2.34. The zero-order valence-electron chi connectivity index (χ0n) is 8.43. The highest BCUT2D eigenvalue weighted by Crippen LogP contribution is 2.22. The van der Waals surface area contributed by atoms with E-state index in [4.69, 9.17) is 10.2 Å². The zero-order valence-corrected chi connectivity index (χ0v) is 8.43. The largest absolute Gasteiger partial charge is 0.478 e.